The second-order valence-corrected chi connectivity index (χ2v) is 13.2. The molecular formula is C36H27F3N4O3S. The molecule has 1 aromatic heterocycles. The second kappa shape index (κ2) is 12.4. The minimum absolute atomic E-state index is 0.0328. The first-order valence-corrected chi connectivity index (χ1v) is 16.2. The van der Waals surface area contributed by atoms with Gasteiger partial charge in [-0.15, -0.1) is 0 Å². The molecule has 236 valence electrons. The number of hydrogen-bond donors (Lipinski definition) is 0. The van der Waals surface area contributed by atoms with E-state index in [9.17, 15) is 31.6 Å². The van der Waals surface area contributed by atoms with Gasteiger partial charge in [-0.3, -0.25) is 4.79 Å². The highest BCUT2D eigenvalue weighted by molar-refractivity contribution is 7.90. The van der Waals surface area contributed by atoms with Gasteiger partial charge < -0.3 is 4.90 Å². The third-order valence-corrected chi connectivity index (χ3v) is 10.4. The Morgan fingerprint density at radius 2 is 1.68 bits per heavy atom. The van der Waals surface area contributed by atoms with Crippen molar-refractivity contribution in [1.82, 2.24) is 3.97 Å². The van der Waals surface area contributed by atoms with Gasteiger partial charge in [0.05, 0.1) is 28.7 Å². The molecule has 1 fully saturated rings. The molecule has 0 amide bonds. The van der Waals surface area contributed by atoms with E-state index in [2.05, 4.69) is 15.8 Å². The molecule has 11 heteroatoms. The van der Waals surface area contributed by atoms with Crippen molar-refractivity contribution in [3.63, 3.8) is 0 Å². The van der Waals surface area contributed by atoms with Gasteiger partial charge in [0.1, 0.15) is 11.6 Å². The van der Waals surface area contributed by atoms with Crippen LogP contribution in [0, 0.1) is 29.6 Å². The van der Waals surface area contributed by atoms with Gasteiger partial charge in [0.2, 0.25) is 0 Å². The highest BCUT2D eigenvalue weighted by atomic mass is 32.2. The van der Waals surface area contributed by atoms with E-state index in [1.54, 1.807) is 31.2 Å². The Kier molecular flexibility index (Phi) is 8.35. The van der Waals surface area contributed by atoms with Crippen molar-refractivity contribution in [1.29, 1.82) is 5.26 Å². The maximum atomic E-state index is 15.0. The summed E-state index contributed by atoms with van der Waals surface area (Å²) in [6.07, 6.45) is -1.48. The number of Topliss-reactive ketones (excluding diaryl/α,β-unsaturated/α-hetero) is 1. The highest BCUT2D eigenvalue weighted by Crippen LogP contribution is 2.48. The van der Waals surface area contributed by atoms with Crippen molar-refractivity contribution >= 4 is 38.1 Å². The average Bonchev–Trinajstić information content (AvgIpc) is 3.42. The number of nitriles is 1. The van der Waals surface area contributed by atoms with Crippen LogP contribution in [-0.2, 0) is 14.8 Å². The number of anilines is 1. The maximum absolute atomic E-state index is 15.0. The predicted molar refractivity (Wildman–Crippen MR) is 173 cm³/mol. The SMILES string of the molecule is [C-]#[N+]c1cccc(C#N)c1-c1c(-c2cccc(N3CCC(C(C)=O)CC3)c2)n(S(=O)(=O)c2ccc(C(F)F)cc2)c2ccc(F)cc12. The summed E-state index contributed by atoms with van der Waals surface area (Å²) in [5.74, 6) is -0.560. The van der Waals surface area contributed by atoms with Crippen LogP contribution in [0.2, 0.25) is 0 Å². The molecule has 0 radical (unpaired) electrons. The van der Waals surface area contributed by atoms with Gasteiger partial charge >= 0.3 is 0 Å². The van der Waals surface area contributed by atoms with E-state index in [1.165, 1.54) is 24.3 Å². The number of fused-ring (bicyclic) bond motifs is 1. The van der Waals surface area contributed by atoms with Gasteiger partial charge in [-0.25, -0.2) is 30.4 Å². The van der Waals surface area contributed by atoms with Crippen LogP contribution in [0.25, 0.3) is 38.1 Å². The summed E-state index contributed by atoms with van der Waals surface area (Å²) in [6, 6.07) is 21.6. The molecule has 0 bridgehead atoms. The molecule has 1 aliphatic rings. The van der Waals surface area contributed by atoms with Gasteiger partial charge in [0.25, 0.3) is 16.4 Å². The van der Waals surface area contributed by atoms with Crippen molar-refractivity contribution in [3.05, 3.63) is 113 Å². The summed E-state index contributed by atoms with van der Waals surface area (Å²) in [7, 11) is -4.54. The molecule has 5 aromatic rings. The molecule has 0 unspecified atom stereocenters. The molecule has 0 spiro atoms. The maximum Gasteiger partial charge on any atom is 0.268 e. The van der Waals surface area contributed by atoms with Crippen molar-refractivity contribution in [2.24, 2.45) is 5.92 Å². The highest BCUT2D eigenvalue weighted by Gasteiger charge is 2.32. The topological polar surface area (TPSA) is 87.5 Å². The van der Waals surface area contributed by atoms with Crippen LogP contribution in [0.15, 0.2) is 89.8 Å². The minimum atomic E-state index is -4.54. The minimum Gasteiger partial charge on any atom is -0.371 e. The van der Waals surface area contributed by atoms with E-state index < -0.39 is 22.3 Å². The van der Waals surface area contributed by atoms with Crippen LogP contribution in [0.3, 0.4) is 0 Å². The Bertz CT molecular complexity index is 2190. The lowest BCUT2D eigenvalue weighted by molar-refractivity contribution is -0.121. The lowest BCUT2D eigenvalue weighted by Crippen LogP contribution is -2.35. The normalized spacial score (nSPS) is 13.9. The largest absolute Gasteiger partial charge is 0.371 e. The van der Waals surface area contributed by atoms with Crippen molar-refractivity contribution in [3.8, 4) is 28.5 Å². The van der Waals surface area contributed by atoms with E-state index in [-0.39, 0.29) is 61.1 Å². The van der Waals surface area contributed by atoms with Gasteiger partial charge in [-0.1, -0.05) is 36.4 Å². The van der Waals surface area contributed by atoms with Gasteiger partial charge in [-0.05, 0) is 68.3 Å². The van der Waals surface area contributed by atoms with Gasteiger partial charge in [-0.2, -0.15) is 5.26 Å². The summed E-state index contributed by atoms with van der Waals surface area (Å²) in [5, 5.41) is 10.3. The molecule has 7 nitrogen and oxygen atoms in total. The number of piperidine rings is 1. The third kappa shape index (κ3) is 5.64. The Hall–Kier alpha value is -5.39. The number of hydrogen-bond acceptors (Lipinski definition) is 5. The number of halogens is 3. The van der Waals surface area contributed by atoms with Crippen LogP contribution in [0.5, 0.6) is 0 Å². The number of rotatable bonds is 7. The molecule has 4 aromatic carbocycles. The van der Waals surface area contributed by atoms with Crippen molar-refractivity contribution < 1.29 is 26.4 Å². The number of carbonyl (C=O) groups is 1. The Morgan fingerprint density at radius 1 is 0.979 bits per heavy atom. The van der Waals surface area contributed by atoms with E-state index >= 15 is 0 Å². The van der Waals surface area contributed by atoms with Crippen LogP contribution < -0.4 is 4.90 Å². The van der Waals surface area contributed by atoms with Gasteiger partial charge in [0, 0.05) is 57.9 Å². The molecule has 0 saturated carbocycles. The first-order valence-electron chi connectivity index (χ1n) is 14.8. The first-order chi connectivity index (χ1) is 22.5. The molecule has 0 N–H and O–H groups in total. The summed E-state index contributed by atoms with van der Waals surface area (Å²) >= 11 is 0. The zero-order valence-electron chi connectivity index (χ0n) is 25.1. The summed E-state index contributed by atoms with van der Waals surface area (Å²) < 4.78 is 71.9. The summed E-state index contributed by atoms with van der Waals surface area (Å²) in [4.78, 5) is 17.4. The molecule has 47 heavy (non-hydrogen) atoms. The number of aromatic nitrogens is 1. The van der Waals surface area contributed by atoms with E-state index in [1.807, 2.05) is 6.07 Å². The number of ketones is 1. The zero-order valence-corrected chi connectivity index (χ0v) is 25.9. The predicted octanol–water partition coefficient (Wildman–Crippen LogP) is 8.52. The third-order valence-electron chi connectivity index (χ3n) is 8.64. The van der Waals surface area contributed by atoms with E-state index in [0.29, 0.717) is 31.5 Å². The Balaban J connectivity index is 1.68. The van der Waals surface area contributed by atoms with Crippen molar-refractivity contribution in [2.45, 2.75) is 31.1 Å². The fourth-order valence-corrected chi connectivity index (χ4v) is 7.82. The molecular weight excluding hydrogens is 625 g/mol. The number of benzene rings is 4. The second-order valence-electron chi connectivity index (χ2n) is 11.4. The monoisotopic (exact) mass is 652 g/mol. The standard InChI is InChI=1S/C36H27F3N4O3S/c1-22(44)23-15-17-42(18-16-23)28-7-3-5-25(19-28)35-34(33-26(21-40)6-4-8-31(33)41-2)30-20-27(37)11-14-32(30)43(35)47(45,46)29-12-9-24(10-13-29)36(38)39/h3-14,19-20,23,36H,15-18H2,1H3. The fraction of sp³-hybridized carbons (Fsp3) is 0.194. The lowest BCUT2D eigenvalue weighted by atomic mass is 9.92. The zero-order chi connectivity index (χ0) is 33.5. The molecule has 6 rings (SSSR count). The van der Waals surface area contributed by atoms with Crippen molar-refractivity contribution in [2.75, 3.05) is 18.0 Å². The van der Waals surface area contributed by atoms with E-state index in [4.69, 9.17) is 6.57 Å². The van der Waals surface area contributed by atoms with Crippen LogP contribution in [-0.4, -0.2) is 31.3 Å². The van der Waals surface area contributed by atoms with Crippen LogP contribution in [0.4, 0.5) is 24.5 Å². The lowest BCUT2D eigenvalue weighted by Gasteiger charge is -2.33. The first kappa shape index (κ1) is 31.6. The van der Waals surface area contributed by atoms with Crippen LogP contribution >= 0.6 is 0 Å². The molecule has 2 heterocycles. The molecule has 1 saturated heterocycles. The Labute approximate surface area is 270 Å². The Morgan fingerprint density at radius 3 is 2.32 bits per heavy atom. The van der Waals surface area contributed by atoms with Gasteiger partial charge in [0.15, 0.2) is 5.69 Å². The molecule has 0 atom stereocenters. The number of alkyl halides is 2. The quantitative estimate of drug-likeness (QED) is 0.165. The fourth-order valence-electron chi connectivity index (χ4n) is 6.27. The van der Waals surface area contributed by atoms with Crippen LogP contribution in [0.1, 0.15) is 37.3 Å². The summed E-state index contributed by atoms with van der Waals surface area (Å²) in [5.41, 5.74) is 1.43. The number of nitrogens with zero attached hydrogens (tertiary/aromatic N) is 4. The summed E-state index contributed by atoms with van der Waals surface area (Å²) in [6.45, 7) is 10.7. The average molecular weight is 653 g/mol. The smallest absolute Gasteiger partial charge is 0.268 e. The molecule has 1 aliphatic heterocycles. The number of carbonyl (C=O) groups excluding carboxylic acids is 1. The van der Waals surface area contributed by atoms with E-state index in [0.717, 1.165) is 40.0 Å². The molecule has 0 aliphatic carbocycles.